The molecule has 0 N–H and O–H groups in total. The van der Waals surface area contributed by atoms with Crippen LogP contribution in [0.1, 0.15) is 31.9 Å². The van der Waals surface area contributed by atoms with Crippen molar-refractivity contribution in [2.75, 3.05) is 24.5 Å². The monoisotopic (exact) mass is 291 g/mol. The molecular formula is C15H21N3O3. The van der Waals surface area contributed by atoms with Crippen LogP contribution in [0.15, 0.2) is 10.6 Å². The molecule has 2 unspecified atom stereocenters. The van der Waals surface area contributed by atoms with Crippen molar-refractivity contribution in [3.8, 4) is 0 Å². The summed E-state index contributed by atoms with van der Waals surface area (Å²) >= 11 is 0. The van der Waals surface area contributed by atoms with Gasteiger partial charge in [-0.1, -0.05) is 12.1 Å². The van der Waals surface area contributed by atoms with Gasteiger partial charge in [-0.3, -0.25) is 14.5 Å². The van der Waals surface area contributed by atoms with E-state index in [1.165, 1.54) is 6.42 Å². The van der Waals surface area contributed by atoms with Crippen LogP contribution in [0.2, 0.25) is 0 Å². The number of carbonyl (C=O) groups excluding carboxylic acids is 2. The second-order valence-electron chi connectivity index (χ2n) is 6.23. The highest BCUT2D eigenvalue weighted by Gasteiger charge is 2.38. The molecule has 0 spiro atoms. The zero-order valence-corrected chi connectivity index (χ0v) is 12.5. The first-order chi connectivity index (χ1) is 10.0. The third-order valence-corrected chi connectivity index (χ3v) is 4.34. The van der Waals surface area contributed by atoms with Crippen molar-refractivity contribution in [3.63, 3.8) is 0 Å². The first-order valence-corrected chi connectivity index (χ1v) is 7.57. The van der Waals surface area contributed by atoms with E-state index in [9.17, 15) is 9.59 Å². The van der Waals surface area contributed by atoms with Gasteiger partial charge < -0.3 is 9.42 Å². The summed E-state index contributed by atoms with van der Waals surface area (Å²) in [6, 6.07) is 1.73. The van der Waals surface area contributed by atoms with Crippen LogP contribution in [0.4, 0.5) is 5.82 Å². The number of likely N-dealkylation sites (tertiary alicyclic amines) is 1. The second kappa shape index (κ2) is 5.50. The maximum absolute atomic E-state index is 12.6. The maximum atomic E-state index is 12.6. The predicted octanol–water partition coefficient (Wildman–Crippen LogP) is 1.59. The fourth-order valence-corrected chi connectivity index (χ4v) is 3.22. The molecule has 0 radical (unpaired) electrons. The second-order valence-corrected chi connectivity index (χ2v) is 6.23. The van der Waals surface area contributed by atoms with Gasteiger partial charge in [0.1, 0.15) is 5.76 Å². The molecule has 0 aliphatic carbocycles. The third kappa shape index (κ3) is 2.80. The molecular weight excluding hydrogens is 270 g/mol. The van der Waals surface area contributed by atoms with E-state index in [0.29, 0.717) is 24.0 Å². The van der Waals surface area contributed by atoms with Gasteiger partial charge in [0.05, 0.1) is 5.92 Å². The molecule has 2 aliphatic heterocycles. The molecule has 3 heterocycles. The highest BCUT2D eigenvalue weighted by molar-refractivity contribution is 5.99. The Bertz CT molecular complexity index is 554. The molecule has 2 atom stereocenters. The smallest absolute Gasteiger partial charge is 0.229 e. The normalized spacial score (nSPS) is 26.5. The summed E-state index contributed by atoms with van der Waals surface area (Å²) in [5.41, 5.74) is 0. The number of carbonyl (C=O) groups is 2. The fraction of sp³-hybridized carbons (Fsp3) is 0.667. The minimum atomic E-state index is -0.250. The zero-order chi connectivity index (χ0) is 15.0. The van der Waals surface area contributed by atoms with Crippen molar-refractivity contribution in [1.29, 1.82) is 0 Å². The van der Waals surface area contributed by atoms with E-state index >= 15 is 0 Å². The van der Waals surface area contributed by atoms with Gasteiger partial charge in [-0.2, -0.15) is 0 Å². The molecule has 2 saturated heterocycles. The van der Waals surface area contributed by atoms with Gasteiger partial charge in [0.15, 0.2) is 5.82 Å². The van der Waals surface area contributed by atoms with E-state index in [0.717, 1.165) is 19.5 Å². The molecule has 0 aromatic carbocycles. The van der Waals surface area contributed by atoms with Crippen LogP contribution in [0.3, 0.4) is 0 Å². The van der Waals surface area contributed by atoms with Gasteiger partial charge in [-0.05, 0) is 25.7 Å². The highest BCUT2D eigenvalue weighted by atomic mass is 16.5. The first kappa shape index (κ1) is 14.1. The summed E-state index contributed by atoms with van der Waals surface area (Å²) in [6.07, 6.45) is 2.51. The SMILES string of the molecule is Cc1cc(N2CC(C(=O)N3CCCC(C)C3)CC2=O)no1. The molecule has 6 nitrogen and oxygen atoms in total. The van der Waals surface area contributed by atoms with Crippen LogP contribution in [0.25, 0.3) is 0 Å². The van der Waals surface area contributed by atoms with Crippen LogP contribution < -0.4 is 4.90 Å². The Morgan fingerprint density at radius 3 is 2.90 bits per heavy atom. The Balaban J connectivity index is 1.68. The van der Waals surface area contributed by atoms with E-state index in [4.69, 9.17) is 4.52 Å². The molecule has 3 rings (SSSR count). The number of hydrogen-bond acceptors (Lipinski definition) is 4. The molecule has 0 bridgehead atoms. The highest BCUT2D eigenvalue weighted by Crippen LogP contribution is 2.27. The topological polar surface area (TPSA) is 66.7 Å². The molecule has 114 valence electrons. The Kier molecular flexibility index (Phi) is 3.69. The number of aryl methyl sites for hydroxylation is 1. The van der Waals surface area contributed by atoms with Crippen molar-refractivity contribution in [2.45, 2.75) is 33.1 Å². The van der Waals surface area contributed by atoms with Gasteiger partial charge in [0.2, 0.25) is 11.8 Å². The molecule has 2 fully saturated rings. The maximum Gasteiger partial charge on any atom is 0.229 e. The summed E-state index contributed by atoms with van der Waals surface area (Å²) in [7, 11) is 0. The predicted molar refractivity (Wildman–Crippen MR) is 76.7 cm³/mol. The molecule has 1 aromatic rings. The number of nitrogens with zero attached hydrogens (tertiary/aromatic N) is 3. The van der Waals surface area contributed by atoms with Gasteiger partial charge in [0, 0.05) is 32.1 Å². The van der Waals surface area contributed by atoms with Crippen molar-refractivity contribution in [1.82, 2.24) is 10.1 Å². The number of anilines is 1. The summed E-state index contributed by atoms with van der Waals surface area (Å²) in [5, 5.41) is 3.87. The Morgan fingerprint density at radius 1 is 1.43 bits per heavy atom. The van der Waals surface area contributed by atoms with E-state index in [-0.39, 0.29) is 24.2 Å². The van der Waals surface area contributed by atoms with Gasteiger partial charge in [0.25, 0.3) is 0 Å². The van der Waals surface area contributed by atoms with Crippen LogP contribution >= 0.6 is 0 Å². The van der Waals surface area contributed by atoms with E-state index in [1.54, 1.807) is 17.9 Å². The molecule has 2 aliphatic rings. The molecule has 2 amide bonds. The van der Waals surface area contributed by atoms with E-state index < -0.39 is 0 Å². The first-order valence-electron chi connectivity index (χ1n) is 7.57. The number of amides is 2. The molecule has 1 aromatic heterocycles. The van der Waals surface area contributed by atoms with Crippen LogP contribution in [-0.2, 0) is 9.59 Å². The van der Waals surface area contributed by atoms with E-state index in [1.807, 2.05) is 4.90 Å². The lowest BCUT2D eigenvalue weighted by Crippen LogP contribution is -2.43. The van der Waals surface area contributed by atoms with Crippen molar-refractivity contribution in [3.05, 3.63) is 11.8 Å². The molecule has 6 heteroatoms. The zero-order valence-electron chi connectivity index (χ0n) is 12.5. The molecule has 0 saturated carbocycles. The minimum absolute atomic E-state index is 0.0493. The van der Waals surface area contributed by atoms with Crippen molar-refractivity contribution < 1.29 is 14.1 Å². The Hall–Kier alpha value is -1.85. The van der Waals surface area contributed by atoms with Crippen LogP contribution in [-0.4, -0.2) is 41.5 Å². The number of piperidine rings is 1. The average Bonchev–Trinajstić information content (AvgIpc) is 3.04. The Morgan fingerprint density at radius 2 is 2.24 bits per heavy atom. The van der Waals surface area contributed by atoms with Crippen LogP contribution in [0, 0.1) is 18.8 Å². The molecule has 21 heavy (non-hydrogen) atoms. The number of hydrogen-bond donors (Lipinski definition) is 0. The quantitative estimate of drug-likeness (QED) is 0.830. The third-order valence-electron chi connectivity index (χ3n) is 4.34. The summed E-state index contributed by atoms with van der Waals surface area (Å²) in [6.45, 7) is 6.00. The van der Waals surface area contributed by atoms with Crippen molar-refractivity contribution in [2.24, 2.45) is 11.8 Å². The lowest BCUT2D eigenvalue weighted by atomic mass is 9.98. The lowest BCUT2D eigenvalue weighted by Gasteiger charge is -2.32. The van der Waals surface area contributed by atoms with Gasteiger partial charge in [-0.15, -0.1) is 0 Å². The van der Waals surface area contributed by atoms with Crippen molar-refractivity contribution >= 4 is 17.6 Å². The summed E-state index contributed by atoms with van der Waals surface area (Å²) in [5.74, 6) is 1.54. The van der Waals surface area contributed by atoms with Crippen LogP contribution in [0.5, 0.6) is 0 Å². The standard InChI is InChI=1S/C15H21N3O3/c1-10-4-3-5-17(8-10)15(20)12-7-14(19)18(9-12)13-6-11(2)21-16-13/h6,10,12H,3-5,7-9H2,1-2H3. The summed E-state index contributed by atoms with van der Waals surface area (Å²) < 4.78 is 5.01. The average molecular weight is 291 g/mol. The summed E-state index contributed by atoms with van der Waals surface area (Å²) in [4.78, 5) is 28.2. The number of rotatable bonds is 2. The fourth-order valence-electron chi connectivity index (χ4n) is 3.22. The van der Waals surface area contributed by atoms with Gasteiger partial charge in [-0.25, -0.2) is 0 Å². The Labute approximate surface area is 124 Å². The lowest BCUT2D eigenvalue weighted by molar-refractivity contribution is -0.137. The minimum Gasteiger partial charge on any atom is -0.360 e. The largest absolute Gasteiger partial charge is 0.360 e. The van der Waals surface area contributed by atoms with E-state index in [2.05, 4.69) is 12.1 Å². The van der Waals surface area contributed by atoms with Gasteiger partial charge >= 0.3 is 0 Å². The number of aromatic nitrogens is 1.